The van der Waals surface area contributed by atoms with E-state index in [-0.39, 0.29) is 0 Å². The van der Waals surface area contributed by atoms with Gasteiger partial charge in [-0.1, -0.05) is 0 Å². The molecule has 0 amide bonds. The fourth-order valence-electron chi connectivity index (χ4n) is 0.553. The maximum Gasteiger partial charge on any atom is 0.344 e. The summed E-state index contributed by atoms with van der Waals surface area (Å²) < 4.78 is 2.38. The van der Waals surface area contributed by atoms with Crippen LogP contribution in [0, 0.1) is 0 Å². The number of hydrogen-bond acceptors (Lipinski definition) is 0. The van der Waals surface area contributed by atoms with Crippen molar-refractivity contribution in [3.05, 3.63) is 25.1 Å². The van der Waals surface area contributed by atoms with Crippen molar-refractivity contribution in [2.24, 2.45) is 0 Å². The minimum atomic E-state index is 0.506. The Hall–Kier alpha value is 0.300. The van der Waals surface area contributed by atoms with Crippen LogP contribution < -0.4 is 0 Å². The molecule has 0 aromatic carbocycles. The van der Waals surface area contributed by atoms with Crippen LogP contribution in [0.25, 0.3) is 5.53 Å². The average molecular weight is 329 g/mol. The highest BCUT2D eigenvalue weighted by molar-refractivity contribution is 9.15. The van der Waals surface area contributed by atoms with Crippen molar-refractivity contribution in [2.45, 2.75) is 0 Å². The molecular weight excluding hydrogens is 328 g/mol. The molecule has 0 aromatic heterocycles. The second-order valence-electron chi connectivity index (χ2n) is 1.60. The van der Waals surface area contributed by atoms with Crippen molar-refractivity contribution < 1.29 is 4.79 Å². The van der Waals surface area contributed by atoms with Crippen LogP contribution in [-0.2, 0) is 0 Å². The predicted molar refractivity (Wildman–Crippen MR) is 50.5 cm³/mol. The Balaban J connectivity index is 3.23. The average Bonchev–Trinajstić information content (AvgIpc) is 2.09. The second-order valence-corrected chi connectivity index (χ2v) is 4.10. The molecule has 52 valence electrons. The van der Waals surface area contributed by atoms with E-state index in [4.69, 9.17) is 5.53 Å². The SMILES string of the molecule is [N-]=[N+]=C1C(Br)=CC(Br)=C1Br. The second kappa shape index (κ2) is 3.13. The van der Waals surface area contributed by atoms with Crippen LogP contribution in [0.5, 0.6) is 0 Å². The molecule has 0 fully saturated rings. The highest BCUT2D eigenvalue weighted by Crippen LogP contribution is 2.32. The third-order valence-electron chi connectivity index (χ3n) is 0.997. The van der Waals surface area contributed by atoms with Crippen LogP contribution in [0.2, 0.25) is 0 Å². The van der Waals surface area contributed by atoms with Gasteiger partial charge in [0.1, 0.15) is 8.96 Å². The monoisotopic (exact) mass is 326 g/mol. The number of halogens is 3. The molecule has 0 N–H and O–H groups in total. The number of rotatable bonds is 0. The van der Waals surface area contributed by atoms with Crippen molar-refractivity contribution in [3.63, 3.8) is 0 Å². The van der Waals surface area contributed by atoms with Crippen molar-refractivity contribution in [2.75, 3.05) is 0 Å². The van der Waals surface area contributed by atoms with Crippen molar-refractivity contribution in [1.82, 2.24) is 0 Å². The summed E-state index contributed by atoms with van der Waals surface area (Å²) in [6, 6.07) is 0. The lowest BCUT2D eigenvalue weighted by Gasteiger charge is -1.81. The summed E-state index contributed by atoms with van der Waals surface area (Å²) in [6.45, 7) is 0. The van der Waals surface area contributed by atoms with Gasteiger partial charge in [0.2, 0.25) is 0 Å². The van der Waals surface area contributed by atoms with E-state index >= 15 is 0 Å². The molecule has 10 heavy (non-hydrogen) atoms. The van der Waals surface area contributed by atoms with Gasteiger partial charge >= 0.3 is 5.71 Å². The Morgan fingerprint density at radius 1 is 1.30 bits per heavy atom. The number of hydrogen-bond donors (Lipinski definition) is 0. The Morgan fingerprint density at radius 3 is 2.10 bits per heavy atom. The molecule has 0 heterocycles. The van der Waals surface area contributed by atoms with E-state index in [1.165, 1.54) is 0 Å². The van der Waals surface area contributed by atoms with E-state index in [0.29, 0.717) is 5.71 Å². The highest BCUT2D eigenvalue weighted by atomic mass is 79.9. The van der Waals surface area contributed by atoms with E-state index in [2.05, 4.69) is 52.6 Å². The third-order valence-corrected chi connectivity index (χ3v) is 3.56. The Morgan fingerprint density at radius 2 is 1.90 bits per heavy atom. The molecule has 0 unspecified atom stereocenters. The molecule has 0 atom stereocenters. The van der Waals surface area contributed by atoms with Gasteiger partial charge < -0.3 is 5.53 Å². The zero-order chi connectivity index (χ0) is 7.72. The highest BCUT2D eigenvalue weighted by Gasteiger charge is 2.25. The Kier molecular flexibility index (Phi) is 2.63. The number of nitrogens with zero attached hydrogens (tertiary/aromatic N) is 2. The van der Waals surface area contributed by atoms with Crippen molar-refractivity contribution in [3.8, 4) is 0 Å². The molecule has 0 saturated heterocycles. The lowest BCUT2D eigenvalue weighted by atomic mass is 10.4. The summed E-state index contributed by atoms with van der Waals surface area (Å²) in [7, 11) is 0. The van der Waals surface area contributed by atoms with E-state index < -0.39 is 0 Å². The van der Waals surface area contributed by atoms with Gasteiger partial charge in [-0.3, -0.25) is 0 Å². The third kappa shape index (κ3) is 1.32. The molecule has 1 aliphatic rings. The summed E-state index contributed by atoms with van der Waals surface area (Å²) in [5.41, 5.74) is 8.96. The molecule has 1 aliphatic carbocycles. The first-order chi connectivity index (χ1) is 4.66. The van der Waals surface area contributed by atoms with E-state index in [1.54, 1.807) is 6.08 Å². The van der Waals surface area contributed by atoms with Gasteiger partial charge in [0.05, 0.1) is 0 Å². The van der Waals surface area contributed by atoms with Gasteiger partial charge in [-0.2, -0.15) is 4.79 Å². The molecule has 1 rings (SSSR count). The first-order valence-electron chi connectivity index (χ1n) is 2.32. The molecule has 2 nitrogen and oxygen atoms in total. The fraction of sp³-hybridized carbons (Fsp3) is 0. The summed E-state index contributed by atoms with van der Waals surface area (Å²) in [5.74, 6) is 0. The van der Waals surface area contributed by atoms with Gasteiger partial charge in [-0.15, -0.1) is 0 Å². The number of allylic oxidation sites excluding steroid dienone is 4. The first-order valence-corrected chi connectivity index (χ1v) is 4.70. The standard InChI is InChI=1S/C5HBr3N2/c6-2-1-3(7)5(10-9)4(2)8/h1H. The summed E-state index contributed by atoms with van der Waals surface area (Å²) >= 11 is 9.70. The molecule has 0 bridgehead atoms. The molecule has 0 aliphatic heterocycles. The van der Waals surface area contributed by atoms with E-state index in [9.17, 15) is 0 Å². The van der Waals surface area contributed by atoms with Gasteiger partial charge in [0, 0.05) is 4.48 Å². The lowest BCUT2D eigenvalue weighted by Crippen LogP contribution is -1.93. The van der Waals surface area contributed by atoms with Crippen LogP contribution in [-0.4, -0.2) is 10.5 Å². The summed E-state index contributed by atoms with van der Waals surface area (Å²) in [6.07, 6.45) is 1.80. The summed E-state index contributed by atoms with van der Waals surface area (Å²) in [4.78, 5) is 3.07. The molecule has 5 heteroatoms. The largest absolute Gasteiger partial charge is 0.361 e. The molecular formula is C5HBr3N2. The van der Waals surface area contributed by atoms with Crippen molar-refractivity contribution in [1.29, 1.82) is 0 Å². The smallest absolute Gasteiger partial charge is 0.344 e. The zero-order valence-corrected chi connectivity index (χ0v) is 9.36. The molecule has 0 spiro atoms. The van der Waals surface area contributed by atoms with Gasteiger partial charge in [0.25, 0.3) is 0 Å². The molecule has 0 aromatic rings. The molecule has 0 saturated carbocycles. The first kappa shape index (κ1) is 8.40. The minimum Gasteiger partial charge on any atom is -0.361 e. The van der Waals surface area contributed by atoms with Crippen LogP contribution in [0.4, 0.5) is 0 Å². The minimum absolute atomic E-state index is 0.506. The Labute approximate surface area is 83.0 Å². The summed E-state index contributed by atoms with van der Waals surface area (Å²) in [5, 5.41) is 0. The topological polar surface area (TPSA) is 36.4 Å². The van der Waals surface area contributed by atoms with Gasteiger partial charge in [0.15, 0.2) is 0 Å². The maximum absolute atomic E-state index is 8.46. The normalized spacial score (nSPS) is 17.5. The molecule has 0 radical (unpaired) electrons. The quantitative estimate of drug-likeness (QED) is 0.484. The fourth-order valence-corrected chi connectivity index (χ4v) is 2.46. The van der Waals surface area contributed by atoms with Gasteiger partial charge in [-0.05, 0) is 53.9 Å². The predicted octanol–water partition coefficient (Wildman–Crippen LogP) is 2.95. The maximum atomic E-state index is 8.46. The van der Waals surface area contributed by atoms with E-state index in [1.807, 2.05) is 0 Å². The van der Waals surface area contributed by atoms with Crippen LogP contribution >= 0.6 is 47.8 Å². The van der Waals surface area contributed by atoms with Crippen LogP contribution in [0.3, 0.4) is 0 Å². The van der Waals surface area contributed by atoms with Crippen molar-refractivity contribution >= 4 is 53.5 Å². The zero-order valence-electron chi connectivity index (χ0n) is 4.61. The van der Waals surface area contributed by atoms with E-state index in [0.717, 1.165) is 13.4 Å². The van der Waals surface area contributed by atoms with Crippen LogP contribution in [0.1, 0.15) is 0 Å². The Bertz CT molecular complexity index is 283. The lowest BCUT2D eigenvalue weighted by molar-refractivity contribution is -0.00179. The van der Waals surface area contributed by atoms with Crippen LogP contribution in [0.15, 0.2) is 19.5 Å². The van der Waals surface area contributed by atoms with Gasteiger partial charge in [-0.25, -0.2) is 0 Å².